The molecule has 1 N–H and O–H groups in total. The molecular weight excluding hydrogens is 275 g/mol. The molecule has 0 aromatic carbocycles. The van der Waals surface area contributed by atoms with Crippen LogP contribution in [0.4, 0.5) is 4.79 Å². The predicted molar refractivity (Wildman–Crippen MR) is 68.8 cm³/mol. The molecule has 0 saturated carbocycles. The molecule has 0 heterocycles. The monoisotopic (exact) mass is 298 g/mol. The number of carbonyl (C=O) groups excluding carboxylic acids is 1. The number of ether oxygens (including phenoxy) is 3. The van der Waals surface area contributed by atoms with Gasteiger partial charge >= 0.3 is 13.8 Å². The van der Waals surface area contributed by atoms with Crippen LogP contribution in [0, 0.1) is 0 Å². The van der Waals surface area contributed by atoms with Gasteiger partial charge in [-0.05, 0) is 41.5 Å². The van der Waals surface area contributed by atoms with Crippen LogP contribution in [0.1, 0.15) is 41.5 Å². The molecule has 0 fully saturated rings. The lowest BCUT2D eigenvalue weighted by Gasteiger charge is -2.23. The first-order valence-corrected chi connectivity index (χ1v) is 7.69. The van der Waals surface area contributed by atoms with Crippen molar-refractivity contribution in [3.05, 3.63) is 0 Å². The van der Waals surface area contributed by atoms with E-state index in [1.165, 1.54) is 6.92 Å². The summed E-state index contributed by atoms with van der Waals surface area (Å²) < 4.78 is 30.9. The Kier molecular flexibility index (Phi) is 7.00. The fourth-order valence-electron chi connectivity index (χ4n) is 0.915. The molecule has 0 aromatic rings. The molecule has 19 heavy (non-hydrogen) atoms. The van der Waals surface area contributed by atoms with Crippen molar-refractivity contribution in [3.63, 3.8) is 0 Å². The Morgan fingerprint density at radius 2 is 1.74 bits per heavy atom. The third kappa shape index (κ3) is 10.9. The second kappa shape index (κ2) is 7.24. The van der Waals surface area contributed by atoms with Gasteiger partial charge in [-0.2, -0.15) is 0 Å². The van der Waals surface area contributed by atoms with Crippen molar-refractivity contribution in [3.8, 4) is 0 Å². The van der Waals surface area contributed by atoms with Crippen molar-refractivity contribution in [1.82, 2.24) is 0 Å². The van der Waals surface area contributed by atoms with Gasteiger partial charge in [0.15, 0.2) is 0 Å². The highest BCUT2D eigenvalue weighted by Gasteiger charge is 2.28. The fourth-order valence-corrected chi connectivity index (χ4v) is 2.03. The average Bonchev–Trinajstić information content (AvgIpc) is 2.10. The van der Waals surface area contributed by atoms with Crippen molar-refractivity contribution >= 4 is 13.8 Å². The summed E-state index contributed by atoms with van der Waals surface area (Å²) in [6.45, 7) is 9.86. The van der Waals surface area contributed by atoms with Crippen LogP contribution >= 0.6 is 7.60 Å². The summed E-state index contributed by atoms with van der Waals surface area (Å²) in [6.07, 6.45) is -2.99. The average molecular weight is 298 g/mol. The van der Waals surface area contributed by atoms with Gasteiger partial charge in [-0.25, -0.2) is 4.79 Å². The number of hydrogen-bond acceptors (Lipinski definition) is 6. The van der Waals surface area contributed by atoms with Gasteiger partial charge in [0.2, 0.25) is 6.29 Å². The van der Waals surface area contributed by atoms with E-state index in [1.54, 1.807) is 34.6 Å². The zero-order chi connectivity index (χ0) is 15.3. The Hall–Kier alpha value is -0.620. The van der Waals surface area contributed by atoms with E-state index in [0.29, 0.717) is 0 Å². The molecule has 8 heteroatoms. The number of hydrogen-bond donors (Lipinski definition) is 1. The highest BCUT2D eigenvalue weighted by Crippen LogP contribution is 2.44. The maximum absolute atomic E-state index is 11.7. The number of rotatable bonds is 6. The van der Waals surface area contributed by atoms with E-state index in [0.717, 1.165) is 0 Å². The smallest absolute Gasteiger partial charge is 0.432 e. The van der Waals surface area contributed by atoms with Crippen LogP contribution in [-0.2, 0) is 23.3 Å². The lowest BCUT2D eigenvalue weighted by Crippen LogP contribution is -2.23. The van der Waals surface area contributed by atoms with E-state index < -0.39 is 32.0 Å². The lowest BCUT2D eigenvalue weighted by molar-refractivity contribution is -0.0697. The molecule has 114 valence electrons. The Labute approximate surface area is 113 Å². The van der Waals surface area contributed by atoms with Crippen molar-refractivity contribution in [2.75, 3.05) is 6.35 Å². The molecule has 0 radical (unpaired) electrons. The second-order valence-corrected chi connectivity index (χ2v) is 6.97. The minimum Gasteiger partial charge on any atom is -0.432 e. The van der Waals surface area contributed by atoms with Crippen LogP contribution < -0.4 is 0 Å². The quantitative estimate of drug-likeness (QED) is 0.458. The van der Waals surface area contributed by atoms with Crippen molar-refractivity contribution in [1.29, 1.82) is 0 Å². The summed E-state index contributed by atoms with van der Waals surface area (Å²) >= 11 is 0. The molecule has 7 nitrogen and oxygen atoms in total. The van der Waals surface area contributed by atoms with Crippen molar-refractivity contribution < 1.29 is 33.0 Å². The maximum Gasteiger partial charge on any atom is 0.510 e. The molecule has 0 saturated heterocycles. The highest BCUT2D eigenvalue weighted by molar-refractivity contribution is 7.52. The van der Waals surface area contributed by atoms with Gasteiger partial charge in [-0.3, -0.25) is 9.09 Å². The summed E-state index contributed by atoms with van der Waals surface area (Å²) in [4.78, 5) is 20.7. The molecule has 0 amide bonds. The van der Waals surface area contributed by atoms with E-state index >= 15 is 0 Å². The second-order valence-electron chi connectivity index (χ2n) is 5.23. The molecule has 0 aliphatic rings. The first-order valence-electron chi connectivity index (χ1n) is 5.93. The minimum absolute atomic E-state index is 0.343. The van der Waals surface area contributed by atoms with Gasteiger partial charge in [0.05, 0.1) is 11.7 Å². The molecule has 2 atom stereocenters. The van der Waals surface area contributed by atoms with Crippen LogP contribution in [0.2, 0.25) is 0 Å². The summed E-state index contributed by atoms with van der Waals surface area (Å²) in [5.41, 5.74) is -0.567. The Bertz CT molecular complexity index is 334. The Morgan fingerprint density at radius 3 is 2.16 bits per heavy atom. The molecule has 0 aliphatic carbocycles. The highest BCUT2D eigenvalue weighted by atomic mass is 31.2. The fraction of sp³-hybridized carbons (Fsp3) is 0.909. The van der Waals surface area contributed by atoms with Crippen LogP contribution in [0.25, 0.3) is 0 Å². The van der Waals surface area contributed by atoms with E-state index in [-0.39, 0.29) is 6.10 Å². The van der Waals surface area contributed by atoms with Crippen LogP contribution in [0.3, 0.4) is 0 Å². The molecule has 0 bridgehead atoms. The van der Waals surface area contributed by atoms with E-state index in [1.807, 2.05) is 0 Å². The predicted octanol–water partition coefficient (Wildman–Crippen LogP) is 2.87. The molecule has 0 aliphatic heterocycles. The molecule has 2 unspecified atom stereocenters. The van der Waals surface area contributed by atoms with Crippen LogP contribution in [0.5, 0.6) is 0 Å². The molecule has 0 aromatic heterocycles. The third-order valence-corrected chi connectivity index (χ3v) is 2.65. The van der Waals surface area contributed by atoms with Gasteiger partial charge in [0, 0.05) is 0 Å². The molecule has 0 spiro atoms. The van der Waals surface area contributed by atoms with Gasteiger partial charge in [-0.15, -0.1) is 0 Å². The summed E-state index contributed by atoms with van der Waals surface area (Å²) in [5, 5.41) is 0. The summed E-state index contributed by atoms with van der Waals surface area (Å²) in [7, 11) is -3.99. The Morgan fingerprint density at radius 1 is 1.21 bits per heavy atom. The minimum atomic E-state index is -3.99. The van der Waals surface area contributed by atoms with Crippen LogP contribution in [0.15, 0.2) is 0 Å². The standard InChI is InChI=1S/C11H23O7P/c1-8(2)16-10(12)17-9(3)18-19(13,14)7-15-11(4,5)6/h8-9H,7H2,1-6H3,(H,13,14). The number of carbonyl (C=O) groups is 1. The van der Waals surface area contributed by atoms with Crippen molar-refractivity contribution in [2.24, 2.45) is 0 Å². The van der Waals surface area contributed by atoms with Gasteiger partial charge in [-0.1, -0.05) is 0 Å². The first kappa shape index (κ1) is 18.4. The largest absolute Gasteiger partial charge is 0.510 e. The first-order chi connectivity index (χ1) is 8.41. The summed E-state index contributed by atoms with van der Waals surface area (Å²) in [5.74, 6) is 0. The van der Waals surface area contributed by atoms with E-state index in [4.69, 9.17) is 14.0 Å². The van der Waals surface area contributed by atoms with Crippen molar-refractivity contribution in [2.45, 2.75) is 59.5 Å². The van der Waals surface area contributed by atoms with Gasteiger partial charge in [0.25, 0.3) is 0 Å². The van der Waals surface area contributed by atoms with Gasteiger partial charge in [0.1, 0.15) is 6.35 Å². The Balaban J connectivity index is 4.19. The SMILES string of the molecule is CC(C)OC(=O)OC(C)OP(=O)(O)COC(C)(C)C. The molecule has 0 rings (SSSR count). The molecular formula is C11H23O7P. The van der Waals surface area contributed by atoms with E-state index in [2.05, 4.69) is 4.74 Å². The van der Waals surface area contributed by atoms with Crippen LogP contribution in [-0.4, -0.2) is 35.4 Å². The summed E-state index contributed by atoms with van der Waals surface area (Å²) in [6, 6.07) is 0. The topological polar surface area (TPSA) is 91.3 Å². The van der Waals surface area contributed by atoms with Gasteiger partial charge < -0.3 is 19.1 Å². The zero-order valence-electron chi connectivity index (χ0n) is 12.2. The maximum atomic E-state index is 11.7. The normalized spacial score (nSPS) is 16.8. The zero-order valence-corrected chi connectivity index (χ0v) is 13.1. The third-order valence-electron chi connectivity index (χ3n) is 1.57. The lowest BCUT2D eigenvalue weighted by atomic mass is 10.2. The van der Waals surface area contributed by atoms with E-state index in [9.17, 15) is 14.3 Å².